The molecule has 0 saturated carbocycles. The molecule has 1 aliphatic rings. The molecule has 4 nitrogen and oxygen atoms in total. The fraction of sp³-hybridized carbons (Fsp3) is 0.364. The summed E-state index contributed by atoms with van der Waals surface area (Å²) < 4.78 is 45.7. The lowest BCUT2D eigenvalue weighted by molar-refractivity contribution is -0.147. The van der Waals surface area contributed by atoms with Gasteiger partial charge in [0.25, 0.3) is 0 Å². The van der Waals surface area contributed by atoms with E-state index in [9.17, 15) is 27.9 Å². The Kier molecular flexibility index (Phi) is 5.87. The van der Waals surface area contributed by atoms with Gasteiger partial charge in [0.2, 0.25) is 0 Å². The number of alkyl halides is 3. The number of carbonyl (C=O) groups is 2. The van der Waals surface area contributed by atoms with Crippen LogP contribution in [-0.4, -0.2) is 16.9 Å². The maximum absolute atomic E-state index is 13.3. The molecule has 1 heterocycles. The number of aliphatic carboxylic acids is 1. The fourth-order valence-electron chi connectivity index (χ4n) is 3.35. The van der Waals surface area contributed by atoms with E-state index in [0.717, 1.165) is 12.1 Å². The molecule has 0 radical (unpaired) electrons. The van der Waals surface area contributed by atoms with Crippen LogP contribution in [0.3, 0.4) is 0 Å². The highest BCUT2D eigenvalue weighted by atomic mass is 35.5. The van der Waals surface area contributed by atoms with E-state index in [1.54, 1.807) is 18.2 Å². The smallest absolute Gasteiger partial charge is 0.416 e. The average Bonchev–Trinajstić information content (AvgIpc) is 2.66. The van der Waals surface area contributed by atoms with Gasteiger partial charge < -0.3 is 9.84 Å². The minimum atomic E-state index is -4.55. The molecule has 8 heteroatoms. The van der Waals surface area contributed by atoms with Gasteiger partial charge in [-0.15, -0.1) is 0 Å². The third kappa shape index (κ3) is 4.46. The van der Waals surface area contributed by atoms with Crippen molar-refractivity contribution in [2.24, 2.45) is 5.41 Å². The Balaban J connectivity index is 2.00. The van der Waals surface area contributed by atoms with Crippen molar-refractivity contribution in [3.05, 3.63) is 63.7 Å². The first-order valence-electron chi connectivity index (χ1n) is 9.32. The lowest BCUT2D eigenvalue weighted by Gasteiger charge is -2.29. The van der Waals surface area contributed by atoms with Crippen LogP contribution in [0.5, 0.6) is 5.75 Å². The number of ether oxygens (including phenoxy) is 1. The summed E-state index contributed by atoms with van der Waals surface area (Å²) in [5.74, 6) is -1.06. The maximum atomic E-state index is 13.3. The minimum Gasteiger partial charge on any atom is -0.483 e. The van der Waals surface area contributed by atoms with Crippen LogP contribution in [0.15, 0.2) is 36.4 Å². The molecule has 0 aliphatic carbocycles. The third-order valence-corrected chi connectivity index (χ3v) is 5.61. The number of hydrogen-bond donors (Lipinski definition) is 1. The van der Waals surface area contributed by atoms with Crippen LogP contribution in [0.1, 0.15) is 59.8 Å². The Bertz CT molecular complexity index is 998. The normalized spacial score (nSPS) is 16.7. The number of rotatable bonds is 5. The number of aryl methyl sites for hydroxylation is 1. The number of hydrogen-bond acceptors (Lipinski definition) is 3. The summed E-state index contributed by atoms with van der Waals surface area (Å²) >= 11 is 6.15. The molecule has 0 bridgehead atoms. The zero-order chi connectivity index (χ0) is 22.3. The van der Waals surface area contributed by atoms with Crippen LogP contribution in [0.4, 0.5) is 13.2 Å². The summed E-state index contributed by atoms with van der Waals surface area (Å²) in [7, 11) is 0. The fourth-order valence-corrected chi connectivity index (χ4v) is 3.57. The third-order valence-electron chi connectivity index (χ3n) is 5.31. The Morgan fingerprint density at radius 1 is 1.23 bits per heavy atom. The number of fused-ring (bicyclic) bond motifs is 1. The molecule has 1 unspecified atom stereocenters. The second-order valence-electron chi connectivity index (χ2n) is 7.95. The highest BCUT2D eigenvalue weighted by molar-refractivity contribution is 6.32. The van der Waals surface area contributed by atoms with Crippen molar-refractivity contribution >= 4 is 23.4 Å². The molecule has 0 amide bonds. The lowest BCUT2D eigenvalue weighted by atomic mass is 9.84. The molecule has 0 aromatic heterocycles. The van der Waals surface area contributed by atoms with Gasteiger partial charge in [0.15, 0.2) is 5.78 Å². The summed E-state index contributed by atoms with van der Waals surface area (Å²) in [5, 5.41) is 9.57. The molecule has 30 heavy (non-hydrogen) atoms. The monoisotopic (exact) mass is 440 g/mol. The number of para-hydroxylation sites is 1. The summed E-state index contributed by atoms with van der Waals surface area (Å²) in [5.41, 5.74) is -0.908. The quantitative estimate of drug-likeness (QED) is 0.609. The van der Waals surface area contributed by atoms with Crippen molar-refractivity contribution in [1.29, 1.82) is 0 Å². The van der Waals surface area contributed by atoms with E-state index in [1.807, 2.05) is 0 Å². The molecule has 3 rings (SSSR count). The molecule has 2 aromatic rings. The Morgan fingerprint density at radius 3 is 2.57 bits per heavy atom. The van der Waals surface area contributed by atoms with Crippen molar-refractivity contribution in [2.75, 3.05) is 0 Å². The van der Waals surface area contributed by atoms with Crippen LogP contribution >= 0.6 is 11.6 Å². The van der Waals surface area contributed by atoms with Crippen molar-refractivity contribution in [3.8, 4) is 5.75 Å². The minimum absolute atomic E-state index is 0.0476. The molecule has 0 spiro atoms. The largest absolute Gasteiger partial charge is 0.483 e. The number of carbonyl (C=O) groups excluding carboxylic acids is 1. The second kappa shape index (κ2) is 7.95. The number of benzene rings is 2. The average molecular weight is 441 g/mol. The number of halogens is 4. The maximum Gasteiger partial charge on any atom is 0.416 e. The first kappa shape index (κ1) is 22.2. The van der Waals surface area contributed by atoms with Crippen LogP contribution in [0, 0.1) is 5.41 Å². The summed E-state index contributed by atoms with van der Waals surface area (Å²) in [6.07, 6.45) is -5.20. The lowest BCUT2D eigenvalue weighted by Crippen LogP contribution is -2.25. The van der Waals surface area contributed by atoms with E-state index < -0.39 is 29.2 Å². The summed E-state index contributed by atoms with van der Waals surface area (Å²) in [4.78, 5) is 24.0. The van der Waals surface area contributed by atoms with Gasteiger partial charge in [0.05, 0.1) is 28.0 Å². The molecular formula is C22H20ClF3O4. The second-order valence-corrected chi connectivity index (χ2v) is 8.36. The zero-order valence-corrected chi connectivity index (χ0v) is 17.1. The van der Waals surface area contributed by atoms with Gasteiger partial charge in [-0.25, -0.2) is 0 Å². The van der Waals surface area contributed by atoms with E-state index >= 15 is 0 Å². The molecule has 160 valence electrons. The van der Waals surface area contributed by atoms with Gasteiger partial charge in [-0.05, 0) is 62.1 Å². The first-order valence-corrected chi connectivity index (χ1v) is 9.70. The van der Waals surface area contributed by atoms with Gasteiger partial charge in [-0.1, -0.05) is 23.7 Å². The molecular weight excluding hydrogens is 421 g/mol. The highest BCUT2D eigenvalue weighted by Crippen LogP contribution is 2.42. The first-order chi connectivity index (χ1) is 13.9. The van der Waals surface area contributed by atoms with Gasteiger partial charge in [0.1, 0.15) is 11.9 Å². The Morgan fingerprint density at radius 2 is 1.93 bits per heavy atom. The van der Waals surface area contributed by atoms with Crippen molar-refractivity contribution < 1.29 is 32.6 Å². The molecule has 2 aromatic carbocycles. The van der Waals surface area contributed by atoms with Crippen molar-refractivity contribution in [3.63, 3.8) is 0 Å². The number of carboxylic acid groups (broad SMARTS) is 1. The standard InChI is InChI=1S/C22H20ClF3O4/c1-21(2,20(28)29)9-8-12-10-13(22(24,25)26)6-7-14(12)18-11-17(27)15-4-3-5-16(23)19(15)30-18/h3-7,10,18H,8-9,11H2,1-2H3,(H,28,29). The van der Waals surface area contributed by atoms with Gasteiger partial charge >= 0.3 is 12.1 Å². The van der Waals surface area contributed by atoms with E-state index in [1.165, 1.54) is 19.9 Å². The van der Waals surface area contributed by atoms with Crippen LogP contribution in [-0.2, 0) is 17.4 Å². The Labute approximate surface area is 176 Å². The molecule has 1 atom stereocenters. The highest BCUT2D eigenvalue weighted by Gasteiger charge is 2.35. The predicted molar refractivity (Wildman–Crippen MR) is 105 cm³/mol. The van der Waals surface area contributed by atoms with Gasteiger partial charge in [-0.3, -0.25) is 9.59 Å². The van der Waals surface area contributed by atoms with Crippen LogP contribution in [0.2, 0.25) is 5.02 Å². The topological polar surface area (TPSA) is 63.6 Å². The predicted octanol–water partition coefficient (Wildman–Crippen LogP) is 6.11. The SMILES string of the molecule is CC(C)(CCc1cc(C(F)(F)F)ccc1C1CC(=O)c2cccc(Cl)c2O1)C(=O)O. The van der Waals surface area contributed by atoms with Crippen LogP contribution < -0.4 is 4.74 Å². The molecule has 1 aliphatic heterocycles. The zero-order valence-electron chi connectivity index (χ0n) is 16.3. The molecule has 0 fully saturated rings. The van der Waals surface area contributed by atoms with E-state index in [2.05, 4.69) is 0 Å². The van der Waals surface area contributed by atoms with Crippen molar-refractivity contribution in [1.82, 2.24) is 0 Å². The van der Waals surface area contributed by atoms with E-state index in [-0.39, 0.29) is 35.8 Å². The molecule has 1 N–H and O–H groups in total. The summed E-state index contributed by atoms with van der Waals surface area (Å²) in [6, 6.07) is 8.02. The van der Waals surface area contributed by atoms with Crippen LogP contribution in [0.25, 0.3) is 0 Å². The number of ketones is 1. The van der Waals surface area contributed by atoms with E-state index in [0.29, 0.717) is 16.7 Å². The number of carboxylic acids is 1. The number of Topliss-reactive ketones (excluding diaryl/α,β-unsaturated/α-hetero) is 1. The van der Waals surface area contributed by atoms with E-state index in [4.69, 9.17) is 16.3 Å². The molecule has 0 saturated heterocycles. The van der Waals surface area contributed by atoms with Gasteiger partial charge in [0, 0.05) is 0 Å². The van der Waals surface area contributed by atoms with Crippen molar-refractivity contribution in [2.45, 2.75) is 45.4 Å². The Hall–Kier alpha value is -2.54. The summed E-state index contributed by atoms with van der Waals surface area (Å²) in [6.45, 7) is 3.03. The van der Waals surface area contributed by atoms with Gasteiger partial charge in [-0.2, -0.15) is 13.2 Å².